The maximum atomic E-state index is 12.6. The molecule has 1 aliphatic rings. The first-order chi connectivity index (χ1) is 10.3. The minimum atomic E-state index is -1.03. The zero-order chi connectivity index (χ0) is 16.5. The van der Waals surface area contributed by atoms with Crippen molar-refractivity contribution in [2.24, 2.45) is 5.41 Å². The Balaban J connectivity index is 2.22. The standard InChI is InChI=1S/C16H19NO4S/c1-16(2,3)15-17(9-18)12(8-22-15)13(19)10-4-6-11(7-5-10)14(20)21/h4-7,9,12,15H,8H2,1-3H3,(H,20,21)/t12-,15+/m0/s1. The number of amides is 1. The number of hydrogen-bond acceptors (Lipinski definition) is 4. The highest BCUT2D eigenvalue weighted by molar-refractivity contribution is 8.00. The quantitative estimate of drug-likeness (QED) is 0.681. The maximum absolute atomic E-state index is 12.6. The van der Waals surface area contributed by atoms with Crippen molar-refractivity contribution in [3.05, 3.63) is 35.4 Å². The van der Waals surface area contributed by atoms with Crippen LogP contribution < -0.4 is 0 Å². The van der Waals surface area contributed by atoms with Crippen molar-refractivity contribution < 1.29 is 19.5 Å². The van der Waals surface area contributed by atoms with Gasteiger partial charge in [-0.25, -0.2) is 4.79 Å². The summed E-state index contributed by atoms with van der Waals surface area (Å²) < 4.78 is 0. The van der Waals surface area contributed by atoms with Gasteiger partial charge in [-0.3, -0.25) is 9.59 Å². The first-order valence-electron chi connectivity index (χ1n) is 6.97. The van der Waals surface area contributed by atoms with E-state index < -0.39 is 12.0 Å². The fourth-order valence-corrected chi connectivity index (χ4v) is 4.08. The van der Waals surface area contributed by atoms with E-state index in [2.05, 4.69) is 0 Å². The van der Waals surface area contributed by atoms with Gasteiger partial charge in [0.15, 0.2) is 5.78 Å². The van der Waals surface area contributed by atoms with Crippen LogP contribution in [-0.2, 0) is 4.79 Å². The van der Waals surface area contributed by atoms with Crippen molar-refractivity contribution in [1.29, 1.82) is 0 Å². The van der Waals surface area contributed by atoms with Gasteiger partial charge in [0.25, 0.3) is 0 Å². The molecular formula is C16H19NO4S. The van der Waals surface area contributed by atoms with E-state index in [1.165, 1.54) is 24.3 Å². The van der Waals surface area contributed by atoms with Crippen LogP contribution >= 0.6 is 11.8 Å². The van der Waals surface area contributed by atoms with E-state index in [4.69, 9.17) is 5.11 Å². The second kappa shape index (κ2) is 6.12. The Morgan fingerprint density at radius 1 is 1.23 bits per heavy atom. The Hall–Kier alpha value is -1.82. The van der Waals surface area contributed by atoms with Gasteiger partial charge >= 0.3 is 5.97 Å². The van der Waals surface area contributed by atoms with E-state index in [0.29, 0.717) is 11.3 Å². The van der Waals surface area contributed by atoms with Crippen molar-refractivity contribution in [2.45, 2.75) is 32.2 Å². The van der Waals surface area contributed by atoms with Crippen LogP contribution in [0.4, 0.5) is 0 Å². The number of carboxylic acid groups (broad SMARTS) is 1. The van der Waals surface area contributed by atoms with Crippen LogP contribution in [0, 0.1) is 5.41 Å². The smallest absolute Gasteiger partial charge is 0.335 e. The Morgan fingerprint density at radius 3 is 2.23 bits per heavy atom. The number of ketones is 1. The Labute approximate surface area is 133 Å². The van der Waals surface area contributed by atoms with Gasteiger partial charge in [-0.1, -0.05) is 32.9 Å². The first kappa shape index (κ1) is 16.5. The summed E-state index contributed by atoms with van der Waals surface area (Å²) in [6.45, 7) is 6.11. The molecule has 1 N–H and O–H groups in total. The van der Waals surface area contributed by atoms with Gasteiger partial charge in [-0.05, 0) is 17.5 Å². The Morgan fingerprint density at radius 2 is 1.77 bits per heavy atom. The molecule has 1 aliphatic heterocycles. The first-order valence-corrected chi connectivity index (χ1v) is 8.02. The lowest BCUT2D eigenvalue weighted by Gasteiger charge is -2.33. The van der Waals surface area contributed by atoms with Gasteiger partial charge in [-0.15, -0.1) is 11.8 Å². The molecule has 22 heavy (non-hydrogen) atoms. The molecule has 2 atom stereocenters. The average Bonchev–Trinajstić information content (AvgIpc) is 2.90. The van der Waals surface area contributed by atoms with Crippen LogP contribution in [0.3, 0.4) is 0 Å². The molecule has 0 aliphatic carbocycles. The number of aromatic carboxylic acids is 1. The third kappa shape index (κ3) is 3.16. The number of Topliss-reactive ketones (excluding diaryl/α,β-unsaturated/α-hetero) is 1. The van der Waals surface area contributed by atoms with Crippen LogP contribution in [0.5, 0.6) is 0 Å². The van der Waals surface area contributed by atoms with Crippen LogP contribution in [0.15, 0.2) is 24.3 Å². The van der Waals surface area contributed by atoms with Crippen molar-refractivity contribution in [3.8, 4) is 0 Å². The summed E-state index contributed by atoms with van der Waals surface area (Å²) >= 11 is 1.60. The minimum absolute atomic E-state index is 0.0442. The predicted molar refractivity (Wildman–Crippen MR) is 85.1 cm³/mol. The summed E-state index contributed by atoms with van der Waals surface area (Å²) in [5.41, 5.74) is 0.447. The molecule has 0 saturated carbocycles. The van der Waals surface area contributed by atoms with Gasteiger partial charge in [0.2, 0.25) is 6.41 Å². The van der Waals surface area contributed by atoms with E-state index in [-0.39, 0.29) is 22.1 Å². The predicted octanol–water partition coefficient (Wildman–Crippen LogP) is 2.51. The van der Waals surface area contributed by atoms with Crippen molar-refractivity contribution in [1.82, 2.24) is 4.90 Å². The number of carbonyl (C=O) groups is 3. The second-order valence-corrected chi connectivity index (χ2v) is 7.48. The van der Waals surface area contributed by atoms with Crippen molar-refractivity contribution in [2.75, 3.05) is 5.75 Å². The largest absolute Gasteiger partial charge is 0.478 e. The number of rotatable bonds is 4. The van der Waals surface area contributed by atoms with Crippen molar-refractivity contribution >= 4 is 29.9 Å². The summed E-state index contributed by atoms with van der Waals surface area (Å²) in [5.74, 6) is -0.624. The molecule has 6 heteroatoms. The number of nitrogens with zero attached hydrogens (tertiary/aromatic N) is 1. The number of thioether (sulfide) groups is 1. The van der Waals surface area contributed by atoms with Crippen LogP contribution in [0.1, 0.15) is 41.5 Å². The van der Waals surface area contributed by atoms with Crippen LogP contribution in [-0.4, -0.2) is 45.3 Å². The molecule has 1 aromatic rings. The highest BCUT2D eigenvalue weighted by Gasteiger charge is 2.43. The Bertz CT molecular complexity index is 591. The zero-order valence-corrected chi connectivity index (χ0v) is 13.6. The summed E-state index contributed by atoms with van der Waals surface area (Å²) in [7, 11) is 0. The molecular weight excluding hydrogens is 302 g/mol. The molecule has 1 saturated heterocycles. The van der Waals surface area contributed by atoms with Gasteiger partial charge < -0.3 is 10.0 Å². The van der Waals surface area contributed by atoms with E-state index in [0.717, 1.165) is 6.41 Å². The zero-order valence-electron chi connectivity index (χ0n) is 12.8. The lowest BCUT2D eigenvalue weighted by Crippen LogP contribution is -2.45. The van der Waals surface area contributed by atoms with E-state index in [1.54, 1.807) is 16.7 Å². The monoisotopic (exact) mass is 321 g/mol. The fourth-order valence-electron chi connectivity index (χ4n) is 2.52. The van der Waals surface area contributed by atoms with E-state index >= 15 is 0 Å². The van der Waals surface area contributed by atoms with Gasteiger partial charge in [-0.2, -0.15) is 0 Å². The third-order valence-electron chi connectivity index (χ3n) is 3.62. The molecule has 118 valence electrons. The number of hydrogen-bond donors (Lipinski definition) is 1. The van der Waals surface area contributed by atoms with Gasteiger partial charge in [0.05, 0.1) is 10.9 Å². The third-order valence-corrected chi connectivity index (χ3v) is 5.40. The lowest BCUT2D eigenvalue weighted by atomic mass is 9.94. The van der Waals surface area contributed by atoms with Gasteiger partial charge in [0.1, 0.15) is 6.04 Å². The van der Waals surface area contributed by atoms with Gasteiger partial charge in [0, 0.05) is 11.3 Å². The highest BCUT2D eigenvalue weighted by atomic mass is 32.2. The molecule has 5 nitrogen and oxygen atoms in total. The number of benzene rings is 1. The molecule has 0 bridgehead atoms. The summed E-state index contributed by atoms with van der Waals surface area (Å²) in [6.07, 6.45) is 0.740. The summed E-state index contributed by atoms with van der Waals surface area (Å²) in [6, 6.07) is 5.32. The summed E-state index contributed by atoms with van der Waals surface area (Å²) in [5, 5.41) is 8.84. The topological polar surface area (TPSA) is 74.7 Å². The molecule has 0 radical (unpaired) electrons. The number of carbonyl (C=O) groups excluding carboxylic acids is 2. The van der Waals surface area contributed by atoms with E-state index in [1.807, 2.05) is 20.8 Å². The van der Waals surface area contributed by atoms with Crippen molar-refractivity contribution in [3.63, 3.8) is 0 Å². The molecule has 1 amide bonds. The second-order valence-electron chi connectivity index (χ2n) is 6.37. The SMILES string of the molecule is CC(C)(C)[C@H]1SC[C@@H](C(=O)c2ccc(C(=O)O)cc2)N1C=O. The van der Waals surface area contributed by atoms with E-state index in [9.17, 15) is 14.4 Å². The fraction of sp³-hybridized carbons (Fsp3) is 0.438. The molecule has 0 unspecified atom stereocenters. The molecule has 1 aromatic carbocycles. The maximum Gasteiger partial charge on any atom is 0.335 e. The van der Waals surface area contributed by atoms with Crippen LogP contribution in [0.25, 0.3) is 0 Å². The highest BCUT2D eigenvalue weighted by Crippen LogP contribution is 2.40. The molecule has 1 heterocycles. The number of carboxylic acids is 1. The normalized spacial score (nSPS) is 21.7. The molecule has 2 rings (SSSR count). The lowest BCUT2D eigenvalue weighted by molar-refractivity contribution is -0.120. The average molecular weight is 321 g/mol. The molecule has 0 aromatic heterocycles. The molecule has 1 fully saturated rings. The molecule has 0 spiro atoms. The Kier molecular flexibility index (Phi) is 4.60. The van der Waals surface area contributed by atoms with Crippen LogP contribution in [0.2, 0.25) is 0 Å². The summed E-state index contributed by atoms with van der Waals surface area (Å²) in [4.78, 5) is 36.5. The minimum Gasteiger partial charge on any atom is -0.478 e.